The van der Waals surface area contributed by atoms with E-state index in [-0.39, 0.29) is 0 Å². The van der Waals surface area contributed by atoms with Gasteiger partial charge in [-0.15, -0.1) is 0 Å². The first-order chi connectivity index (χ1) is 12.0. The number of rotatable bonds is 4. The summed E-state index contributed by atoms with van der Waals surface area (Å²) in [5.74, 6) is 1.14. The number of hydrogen-bond donors (Lipinski definition) is 1. The summed E-state index contributed by atoms with van der Waals surface area (Å²) in [7, 11) is 4.07. The highest BCUT2D eigenvalue weighted by Crippen LogP contribution is 2.38. The van der Waals surface area contributed by atoms with Gasteiger partial charge in [-0.1, -0.05) is 30.3 Å². The average Bonchev–Trinajstić information content (AvgIpc) is 2.72. The van der Waals surface area contributed by atoms with E-state index in [1.165, 1.54) is 0 Å². The molecule has 0 saturated carbocycles. The zero-order valence-electron chi connectivity index (χ0n) is 14.4. The molecule has 1 N–H and O–H groups in total. The molecule has 3 rings (SSSR count). The number of hydrogen-bond acceptors (Lipinski definition) is 4. The van der Waals surface area contributed by atoms with E-state index >= 15 is 0 Å². The monoisotopic (exact) mass is 339 g/mol. The topological polar surface area (TPSA) is 59.0 Å². The highest BCUT2D eigenvalue weighted by Gasteiger charge is 2.20. The van der Waals surface area contributed by atoms with Gasteiger partial charge in [-0.3, -0.25) is 0 Å². The molecule has 2 aromatic carbocycles. The zero-order chi connectivity index (χ0) is 17.8. The van der Waals surface area contributed by atoms with Gasteiger partial charge in [0.25, 0.3) is 0 Å². The molecule has 0 spiro atoms. The number of carbonyl (C=O) groups is 1. The molecule has 0 radical (unpaired) electrons. The SMILES string of the molecule is CN(C)CC/C=C1\c2cc(OC(=O)O)ccc2COc2ccccc21. The predicted molar refractivity (Wildman–Crippen MR) is 96.1 cm³/mol. The molecule has 0 saturated heterocycles. The van der Waals surface area contributed by atoms with Crippen molar-refractivity contribution in [2.24, 2.45) is 0 Å². The van der Waals surface area contributed by atoms with E-state index in [4.69, 9.17) is 14.6 Å². The van der Waals surface area contributed by atoms with E-state index < -0.39 is 6.16 Å². The molecule has 0 unspecified atom stereocenters. The molecule has 1 heterocycles. The van der Waals surface area contributed by atoms with Crippen molar-refractivity contribution in [1.82, 2.24) is 4.90 Å². The minimum Gasteiger partial charge on any atom is -0.488 e. The molecule has 0 aromatic heterocycles. The lowest BCUT2D eigenvalue weighted by Gasteiger charge is -2.13. The van der Waals surface area contributed by atoms with Crippen molar-refractivity contribution in [3.05, 3.63) is 65.2 Å². The molecule has 5 heteroatoms. The van der Waals surface area contributed by atoms with Crippen LogP contribution in [-0.4, -0.2) is 36.8 Å². The van der Waals surface area contributed by atoms with Crippen LogP contribution in [0.3, 0.4) is 0 Å². The molecule has 0 fully saturated rings. The van der Waals surface area contributed by atoms with Crippen molar-refractivity contribution < 1.29 is 19.4 Å². The maximum Gasteiger partial charge on any atom is 0.511 e. The van der Waals surface area contributed by atoms with Crippen LogP contribution in [-0.2, 0) is 6.61 Å². The first-order valence-electron chi connectivity index (χ1n) is 8.16. The Balaban J connectivity index is 2.08. The van der Waals surface area contributed by atoms with Gasteiger partial charge in [0.05, 0.1) is 0 Å². The second kappa shape index (κ2) is 7.40. The Morgan fingerprint density at radius 2 is 2.04 bits per heavy atom. The van der Waals surface area contributed by atoms with Crippen LogP contribution in [0.25, 0.3) is 5.57 Å². The van der Waals surface area contributed by atoms with Crippen molar-refractivity contribution in [3.8, 4) is 11.5 Å². The van der Waals surface area contributed by atoms with Crippen LogP contribution in [0.2, 0.25) is 0 Å². The Morgan fingerprint density at radius 3 is 2.80 bits per heavy atom. The number of ether oxygens (including phenoxy) is 2. The summed E-state index contributed by atoms with van der Waals surface area (Å²) in [6.07, 6.45) is 1.74. The smallest absolute Gasteiger partial charge is 0.488 e. The van der Waals surface area contributed by atoms with Crippen LogP contribution in [0.15, 0.2) is 48.5 Å². The van der Waals surface area contributed by atoms with Gasteiger partial charge in [0.15, 0.2) is 0 Å². The van der Waals surface area contributed by atoms with E-state index in [0.717, 1.165) is 41.0 Å². The first kappa shape index (κ1) is 17.0. The fourth-order valence-corrected chi connectivity index (χ4v) is 2.90. The van der Waals surface area contributed by atoms with E-state index in [2.05, 4.69) is 11.0 Å². The maximum atomic E-state index is 10.9. The molecule has 25 heavy (non-hydrogen) atoms. The average molecular weight is 339 g/mol. The van der Waals surface area contributed by atoms with Gasteiger partial charge >= 0.3 is 6.16 Å². The number of benzene rings is 2. The van der Waals surface area contributed by atoms with Crippen molar-refractivity contribution >= 4 is 11.7 Å². The van der Waals surface area contributed by atoms with Gasteiger partial charge in [0.1, 0.15) is 18.1 Å². The third-order valence-electron chi connectivity index (χ3n) is 4.06. The van der Waals surface area contributed by atoms with E-state index in [1.54, 1.807) is 12.1 Å². The zero-order valence-corrected chi connectivity index (χ0v) is 14.4. The molecule has 0 atom stereocenters. The molecule has 0 amide bonds. The summed E-state index contributed by atoms with van der Waals surface area (Å²) >= 11 is 0. The lowest BCUT2D eigenvalue weighted by Crippen LogP contribution is -2.12. The Kier molecular flexibility index (Phi) is 5.05. The van der Waals surface area contributed by atoms with Crippen LogP contribution in [0, 0.1) is 0 Å². The highest BCUT2D eigenvalue weighted by molar-refractivity contribution is 5.85. The van der Waals surface area contributed by atoms with Crippen molar-refractivity contribution in [2.75, 3.05) is 20.6 Å². The Bertz CT molecular complexity index is 811. The lowest BCUT2D eigenvalue weighted by molar-refractivity contribution is 0.144. The summed E-state index contributed by atoms with van der Waals surface area (Å²) in [6, 6.07) is 13.2. The Morgan fingerprint density at radius 1 is 1.24 bits per heavy atom. The number of nitrogens with zero attached hydrogens (tertiary/aromatic N) is 1. The highest BCUT2D eigenvalue weighted by atomic mass is 16.7. The largest absolute Gasteiger partial charge is 0.511 e. The van der Waals surface area contributed by atoms with Gasteiger partial charge in [0, 0.05) is 12.1 Å². The first-order valence-corrected chi connectivity index (χ1v) is 8.16. The fraction of sp³-hybridized carbons (Fsp3) is 0.250. The second-order valence-corrected chi connectivity index (χ2v) is 6.18. The van der Waals surface area contributed by atoms with E-state index in [1.807, 2.05) is 44.4 Å². The summed E-state index contributed by atoms with van der Waals surface area (Å²) in [5.41, 5.74) is 4.00. The molecule has 2 aromatic rings. The van der Waals surface area contributed by atoms with Crippen LogP contribution in [0.5, 0.6) is 11.5 Å². The predicted octanol–water partition coefficient (Wildman–Crippen LogP) is 4.02. The molecule has 5 nitrogen and oxygen atoms in total. The summed E-state index contributed by atoms with van der Waals surface area (Å²) in [6.45, 7) is 1.36. The van der Waals surface area contributed by atoms with Gasteiger partial charge < -0.3 is 19.5 Å². The van der Waals surface area contributed by atoms with Gasteiger partial charge in [-0.05, 0) is 55.4 Å². The fourth-order valence-electron chi connectivity index (χ4n) is 2.90. The van der Waals surface area contributed by atoms with Gasteiger partial charge in [-0.25, -0.2) is 4.79 Å². The van der Waals surface area contributed by atoms with E-state index in [9.17, 15) is 4.79 Å². The molecule has 0 aliphatic carbocycles. The summed E-state index contributed by atoms with van der Waals surface area (Å²) in [4.78, 5) is 13.0. The Hall–Kier alpha value is -2.79. The van der Waals surface area contributed by atoms with Gasteiger partial charge in [0.2, 0.25) is 0 Å². The van der Waals surface area contributed by atoms with Crippen LogP contribution in [0.4, 0.5) is 4.79 Å². The minimum absolute atomic E-state index is 0.309. The Labute approximate surface area is 147 Å². The summed E-state index contributed by atoms with van der Waals surface area (Å²) in [5, 5.41) is 8.89. The number of para-hydroxylation sites is 1. The van der Waals surface area contributed by atoms with Gasteiger partial charge in [-0.2, -0.15) is 0 Å². The van der Waals surface area contributed by atoms with Crippen LogP contribution in [0.1, 0.15) is 23.1 Å². The third kappa shape index (κ3) is 4.00. The van der Waals surface area contributed by atoms with Crippen molar-refractivity contribution in [2.45, 2.75) is 13.0 Å². The third-order valence-corrected chi connectivity index (χ3v) is 4.06. The van der Waals surface area contributed by atoms with Crippen LogP contribution < -0.4 is 9.47 Å². The van der Waals surface area contributed by atoms with Crippen molar-refractivity contribution in [3.63, 3.8) is 0 Å². The molecular formula is C20H21NO4. The molecule has 1 aliphatic rings. The van der Waals surface area contributed by atoms with Crippen molar-refractivity contribution in [1.29, 1.82) is 0 Å². The minimum atomic E-state index is -1.32. The molecule has 0 bridgehead atoms. The lowest BCUT2D eigenvalue weighted by atomic mass is 9.93. The quantitative estimate of drug-likeness (QED) is 0.673. The van der Waals surface area contributed by atoms with E-state index in [0.29, 0.717) is 12.4 Å². The molecule has 1 aliphatic heterocycles. The normalized spacial score (nSPS) is 14.4. The standard InChI is InChI=1S/C20H21NO4/c1-21(2)11-5-7-16-17-6-3-4-8-19(17)24-13-14-9-10-15(12-18(14)16)25-20(22)23/h3-4,6-10,12H,5,11,13H2,1-2H3,(H,22,23)/b16-7-. The number of fused-ring (bicyclic) bond motifs is 2. The molecule has 130 valence electrons. The summed E-state index contributed by atoms with van der Waals surface area (Å²) < 4.78 is 10.8. The second-order valence-electron chi connectivity index (χ2n) is 6.18. The maximum absolute atomic E-state index is 10.9. The van der Waals surface area contributed by atoms with Crippen LogP contribution >= 0.6 is 0 Å². The molecular weight excluding hydrogens is 318 g/mol. The number of carboxylic acid groups (broad SMARTS) is 1.